The molecule has 3 aromatic carbocycles. The molecule has 0 amide bonds. The number of halogens is 1. The van der Waals surface area contributed by atoms with Gasteiger partial charge >= 0.3 is 5.97 Å². The SMILES string of the molecule is CCOC(=O)c1c(-c2cccc(-c3ccccc3)c2)[nH]c2cc(OC)c(Cl)cc2c1=O. The first-order chi connectivity index (χ1) is 15.0. The van der Waals surface area contributed by atoms with E-state index in [4.69, 9.17) is 21.1 Å². The van der Waals surface area contributed by atoms with Crippen LogP contribution < -0.4 is 10.2 Å². The van der Waals surface area contributed by atoms with E-state index in [1.807, 2.05) is 54.6 Å². The fraction of sp³-hybridized carbons (Fsp3) is 0.120. The van der Waals surface area contributed by atoms with E-state index < -0.39 is 11.4 Å². The van der Waals surface area contributed by atoms with Crippen molar-refractivity contribution >= 4 is 28.5 Å². The molecule has 0 bridgehead atoms. The molecule has 0 radical (unpaired) electrons. The van der Waals surface area contributed by atoms with Crippen molar-refractivity contribution in [2.24, 2.45) is 0 Å². The van der Waals surface area contributed by atoms with Crippen LogP contribution in [0.1, 0.15) is 17.3 Å². The predicted molar refractivity (Wildman–Crippen MR) is 123 cm³/mol. The number of methoxy groups -OCH3 is 1. The van der Waals surface area contributed by atoms with Gasteiger partial charge in [0.1, 0.15) is 11.3 Å². The third kappa shape index (κ3) is 3.92. The lowest BCUT2D eigenvalue weighted by atomic mass is 9.98. The second-order valence-electron chi connectivity index (χ2n) is 6.90. The quantitative estimate of drug-likeness (QED) is 0.410. The Labute approximate surface area is 184 Å². The molecule has 1 aromatic heterocycles. The highest BCUT2D eigenvalue weighted by atomic mass is 35.5. The van der Waals surface area contributed by atoms with E-state index in [1.54, 1.807) is 13.0 Å². The number of nitrogens with one attached hydrogen (secondary N) is 1. The number of aromatic amines is 1. The van der Waals surface area contributed by atoms with E-state index in [0.29, 0.717) is 22.5 Å². The molecule has 156 valence electrons. The lowest BCUT2D eigenvalue weighted by molar-refractivity contribution is 0.0525. The standard InChI is InChI=1S/C25H20ClNO4/c1-3-31-25(29)22-23(17-11-7-10-16(12-17)15-8-5-4-6-9-15)27-20-14-21(30-2)19(26)13-18(20)24(22)28/h4-14H,3H2,1-2H3,(H,27,28). The molecule has 4 aromatic rings. The Morgan fingerprint density at radius 3 is 2.39 bits per heavy atom. The first-order valence-electron chi connectivity index (χ1n) is 9.80. The second-order valence-corrected chi connectivity index (χ2v) is 7.31. The van der Waals surface area contributed by atoms with Crippen LogP contribution in [-0.2, 0) is 4.74 Å². The monoisotopic (exact) mass is 433 g/mol. The lowest BCUT2D eigenvalue weighted by Crippen LogP contribution is -2.20. The van der Waals surface area contributed by atoms with Crippen LogP contribution in [0, 0.1) is 0 Å². The molecular formula is C25H20ClNO4. The van der Waals surface area contributed by atoms with Crippen molar-refractivity contribution in [3.63, 3.8) is 0 Å². The molecule has 1 heterocycles. The molecule has 0 saturated heterocycles. The van der Waals surface area contributed by atoms with Gasteiger partial charge in [0.15, 0.2) is 0 Å². The predicted octanol–water partition coefficient (Wildman–Crippen LogP) is 5.70. The van der Waals surface area contributed by atoms with E-state index in [1.165, 1.54) is 13.2 Å². The molecule has 0 aliphatic heterocycles. The average molecular weight is 434 g/mol. The number of rotatable bonds is 5. The van der Waals surface area contributed by atoms with Gasteiger partial charge in [-0.2, -0.15) is 0 Å². The minimum absolute atomic E-state index is 0.0548. The van der Waals surface area contributed by atoms with Crippen LogP contribution in [0.15, 0.2) is 71.5 Å². The Kier molecular flexibility index (Phi) is 5.78. The lowest BCUT2D eigenvalue weighted by Gasteiger charge is -2.13. The molecule has 0 aliphatic rings. The van der Waals surface area contributed by atoms with E-state index >= 15 is 0 Å². The first-order valence-corrected chi connectivity index (χ1v) is 10.2. The van der Waals surface area contributed by atoms with Gasteiger partial charge in [-0.15, -0.1) is 0 Å². The number of carbonyl (C=O) groups excluding carboxylic acids is 1. The normalized spacial score (nSPS) is 10.8. The summed E-state index contributed by atoms with van der Waals surface area (Å²) in [5.74, 6) is -0.254. The van der Waals surface area contributed by atoms with E-state index in [2.05, 4.69) is 4.98 Å². The summed E-state index contributed by atoms with van der Waals surface area (Å²) in [7, 11) is 1.50. The summed E-state index contributed by atoms with van der Waals surface area (Å²) in [6.45, 7) is 1.85. The third-order valence-corrected chi connectivity index (χ3v) is 5.31. The number of fused-ring (bicyclic) bond motifs is 1. The Morgan fingerprint density at radius 2 is 1.68 bits per heavy atom. The Balaban J connectivity index is 2.00. The van der Waals surface area contributed by atoms with Gasteiger partial charge in [-0.05, 0) is 35.7 Å². The molecule has 31 heavy (non-hydrogen) atoms. The molecule has 1 N–H and O–H groups in total. The maximum Gasteiger partial charge on any atom is 0.344 e. The number of aromatic nitrogens is 1. The van der Waals surface area contributed by atoms with E-state index in [-0.39, 0.29) is 22.6 Å². The molecule has 0 saturated carbocycles. The summed E-state index contributed by atoms with van der Waals surface area (Å²) in [4.78, 5) is 29.3. The number of pyridine rings is 1. The highest BCUT2D eigenvalue weighted by Crippen LogP contribution is 2.32. The summed E-state index contributed by atoms with van der Waals surface area (Å²) in [6.07, 6.45) is 0. The number of benzene rings is 3. The van der Waals surface area contributed by atoms with Gasteiger partial charge < -0.3 is 14.5 Å². The molecule has 0 atom stereocenters. The number of hydrogen-bond acceptors (Lipinski definition) is 4. The Bertz CT molecular complexity index is 1330. The summed E-state index contributed by atoms with van der Waals surface area (Å²) in [5.41, 5.74) is 3.08. The van der Waals surface area contributed by atoms with Crippen LogP contribution >= 0.6 is 11.6 Å². The van der Waals surface area contributed by atoms with Crippen LogP contribution in [-0.4, -0.2) is 24.7 Å². The zero-order valence-electron chi connectivity index (χ0n) is 17.1. The molecule has 5 nitrogen and oxygen atoms in total. The number of ether oxygens (including phenoxy) is 2. The number of carbonyl (C=O) groups is 1. The van der Waals surface area contributed by atoms with Gasteiger partial charge in [0.2, 0.25) is 5.43 Å². The van der Waals surface area contributed by atoms with Gasteiger partial charge in [0, 0.05) is 11.5 Å². The smallest absolute Gasteiger partial charge is 0.344 e. The maximum atomic E-state index is 13.3. The zero-order valence-corrected chi connectivity index (χ0v) is 17.8. The minimum Gasteiger partial charge on any atom is -0.495 e. The number of hydrogen-bond donors (Lipinski definition) is 1. The van der Waals surface area contributed by atoms with Crippen molar-refractivity contribution < 1.29 is 14.3 Å². The maximum absolute atomic E-state index is 13.3. The van der Waals surface area contributed by atoms with Crippen molar-refractivity contribution in [3.8, 4) is 28.1 Å². The first kappa shape index (κ1) is 20.7. The molecule has 4 rings (SSSR count). The fourth-order valence-corrected chi connectivity index (χ4v) is 3.79. The summed E-state index contributed by atoms with van der Waals surface area (Å²) >= 11 is 6.22. The van der Waals surface area contributed by atoms with Crippen molar-refractivity contribution in [3.05, 3.63) is 87.5 Å². The molecule has 0 aliphatic carbocycles. The summed E-state index contributed by atoms with van der Waals surface area (Å²) < 4.78 is 10.5. The van der Waals surface area contributed by atoms with Crippen molar-refractivity contribution in [2.45, 2.75) is 6.92 Å². The van der Waals surface area contributed by atoms with Crippen LogP contribution in [0.5, 0.6) is 5.75 Å². The average Bonchev–Trinajstić information content (AvgIpc) is 2.79. The molecule has 0 spiro atoms. The Morgan fingerprint density at radius 1 is 0.968 bits per heavy atom. The fourth-order valence-electron chi connectivity index (χ4n) is 3.55. The largest absolute Gasteiger partial charge is 0.495 e. The van der Waals surface area contributed by atoms with Crippen LogP contribution in [0.3, 0.4) is 0 Å². The van der Waals surface area contributed by atoms with Gasteiger partial charge in [0.25, 0.3) is 0 Å². The van der Waals surface area contributed by atoms with Crippen molar-refractivity contribution in [2.75, 3.05) is 13.7 Å². The molecule has 0 fully saturated rings. The Hall–Kier alpha value is -3.57. The van der Waals surface area contributed by atoms with Crippen molar-refractivity contribution in [1.82, 2.24) is 4.98 Å². The van der Waals surface area contributed by atoms with Crippen LogP contribution in [0.25, 0.3) is 33.3 Å². The van der Waals surface area contributed by atoms with Gasteiger partial charge in [-0.1, -0.05) is 60.1 Å². The van der Waals surface area contributed by atoms with Crippen molar-refractivity contribution in [1.29, 1.82) is 0 Å². The zero-order chi connectivity index (χ0) is 22.0. The minimum atomic E-state index is -0.683. The van der Waals surface area contributed by atoms with Crippen LogP contribution in [0.2, 0.25) is 5.02 Å². The van der Waals surface area contributed by atoms with Gasteiger partial charge in [-0.3, -0.25) is 4.79 Å². The highest BCUT2D eigenvalue weighted by Gasteiger charge is 2.22. The highest BCUT2D eigenvalue weighted by molar-refractivity contribution is 6.32. The number of H-pyrrole nitrogens is 1. The summed E-state index contributed by atoms with van der Waals surface area (Å²) in [5, 5.41) is 0.575. The van der Waals surface area contributed by atoms with Crippen LogP contribution in [0.4, 0.5) is 0 Å². The van der Waals surface area contributed by atoms with E-state index in [9.17, 15) is 9.59 Å². The van der Waals surface area contributed by atoms with Gasteiger partial charge in [0.05, 0.1) is 29.9 Å². The number of esters is 1. The van der Waals surface area contributed by atoms with E-state index in [0.717, 1.165) is 11.1 Å². The topological polar surface area (TPSA) is 68.4 Å². The summed E-state index contributed by atoms with van der Waals surface area (Å²) in [6, 6.07) is 20.7. The molecule has 6 heteroatoms. The second kappa shape index (κ2) is 8.66. The molecule has 0 unspecified atom stereocenters. The molecular weight excluding hydrogens is 414 g/mol. The van der Waals surface area contributed by atoms with Gasteiger partial charge in [-0.25, -0.2) is 4.79 Å². The third-order valence-electron chi connectivity index (χ3n) is 5.01.